The van der Waals surface area contributed by atoms with Gasteiger partial charge in [0.25, 0.3) is 5.91 Å². The first-order chi connectivity index (χ1) is 9.70. The molecule has 1 saturated heterocycles. The molecule has 2 N–H and O–H groups in total. The van der Waals surface area contributed by atoms with E-state index in [2.05, 4.69) is 5.32 Å². The van der Waals surface area contributed by atoms with E-state index in [0.717, 1.165) is 19.4 Å². The third-order valence-electron chi connectivity index (χ3n) is 3.57. The van der Waals surface area contributed by atoms with Gasteiger partial charge in [0.1, 0.15) is 5.75 Å². The number of methoxy groups -OCH3 is 1. The van der Waals surface area contributed by atoms with Gasteiger partial charge in [0.05, 0.1) is 6.61 Å². The fraction of sp³-hybridized carbons (Fsp3) is 0.533. The van der Waals surface area contributed by atoms with Crippen LogP contribution in [-0.4, -0.2) is 55.3 Å². The highest BCUT2D eigenvalue weighted by Crippen LogP contribution is 2.14. The molecule has 2 rings (SSSR count). The molecule has 1 amide bonds. The van der Waals surface area contributed by atoms with Crippen molar-refractivity contribution in [2.24, 2.45) is 0 Å². The van der Waals surface area contributed by atoms with Crippen LogP contribution in [0.1, 0.15) is 23.2 Å². The minimum atomic E-state index is -0.0178. The van der Waals surface area contributed by atoms with Gasteiger partial charge < -0.3 is 20.1 Å². The van der Waals surface area contributed by atoms with Crippen molar-refractivity contribution in [1.82, 2.24) is 10.2 Å². The van der Waals surface area contributed by atoms with E-state index in [1.54, 1.807) is 19.2 Å². The van der Waals surface area contributed by atoms with Crippen molar-refractivity contribution in [2.45, 2.75) is 18.9 Å². The number of carbonyl (C=O) groups is 1. The predicted molar refractivity (Wildman–Crippen MR) is 76.9 cm³/mol. The number of nitrogens with one attached hydrogen (secondary N) is 1. The van der Waals surface area contributed by atoms with Gasteiger partial charge in [-0.2, -0.15) is 0 Å². The molecule has 0 bridgehead atoms. The Morgan fingerprint density at radius 3 is 2.80 bits per heavy atom. The number of aromatic hydroxyl groups is 1. The van der Waals surface area contributed by atoms with E-state index in [1.165, 1.54) is 12.1 Å². The molecule has 1 fully saturated rings. The Morgan fingerprint density at radius 1 is 1.45 bits per heavy atom. The zero-order valence-electron chi connectivity index (χ0n) is 11.8. The van der Waals surface area contributed by atoms with Crippen LogP contribution in [0.5, 0.6) is 5.75 Å². The molecule has 1 atom stereocenters. The molecule has 0 spiro atoms. The Morgan fingerprint density at radius 2 is 2.20 bits per heavy atom. The van der Waals surface area contributed by atoms with E-state index >= 15 is 0 Å². The fourth-order valence-corrected chi connectivity index (χ4v) is 2.44. The summed E-state index contributed by atoms with van der Waals surface area (Å²) in [6.45, 7) is 2.82. The van der Waals surface area contributed by atoms with Crippen molar-refractivity contribution < 1.29 is 14.6 Å². The van der Waals surface area contributed by atoms with Crippen LogP contribution >= 0.6 is 0 Å². The summed E-state index contributed by atoms with van der Waals surface area (Å²) in [5.41, 5.74) is 0.594. The lowest BCUT2D eigenvalue weighted by Crippen LogP contribution is -2.42. The summed E-state index contributed by atoms with van der Waals surface area (Å²) in [5.74, 6) is 0.151. The molecule has 1 aliphatic rings. The fourth-order valence-electron chi connectivity index (χ4n) is 2.44. The summed E-state index contributed by atoms with van der Waals surface area (Å²) in [6.07, 6.45) is 2.27. The van der Waals surface area contributed by atoms with Crippen LogP contribution < -0.4 is 5.32 Å². The number of phenolic OH excluding ortho intramolecular Hbond substituents is 1. The van der Waals surface area contributed by atoms with Gasteiger partial charge in [0.15, 0.2) is 0 Å². The van der Waals surface area contributed by atoms with Crippen molar-refractivity contribution in [2.75, 3.05) is 33.4 Å². The molecular formula is C15H22N2O3. The maximum atomic E-state index is 12.5. The Kier molecular flexibility index (Phi) is 5.38. The number of carbonyl (C=O) groups excluding carboxylic acids is 1. The van der Waals surface area contributed by atoms with Crippen LogP contribution in [0, 0.1) is 0 Å². The number of benzene rings is 1. The number of phenols is 1. The summed E-state index contributed by atoms with van der Waals surface area (Å²) < 4.78 is 5.09. The molecule has 5 nitrogen and oxygen atoms in total. The number of amides is 1. The first-order valence-corrected chi connectivity index (χ1v) is 7.01. The maximum Gasteiger partial charge on any atom is 0.253 e. The normalized spacial score (nSPS) is 18.1. The van der Waals surface area contributed by atoms with E-state index in [-0.39, 0.29) is 11.7 Å². The summed E-state index contributed by atoms with van der Waals surface area (Å²) in [6, 6.07) is 6.75. The van der Waals surface area contributed by atoms with E-state index in [9.17, 15) is 9.90 Å². The molecular weight excluding hydrogens is 256 g/mol. The third-order valence-corrected chi connectivity index (χ3v) is 3.57. The lowest BCUT2D eigenvalue weighted by atomic mass is 10.1. The molecule has 0 radical (unpaired) electrons. The zero-order chi connectivity index (χ0) is 14.4. The van der Waals surface area contributed by atoms with Gasteiger partial charge >= 0.3 is 0 Å². The number of rotatable bonds is 6. The molecule has 1 aromatic rings. The van der Waals surface area contributed by atoms with Gasteiger partial charge in [-0.05, 0) is 43.7 Å². The summed E-state index contributed by atoms with van der Waals surface area (Å²) in [5, 5.41) is 12.7. The Balaban J connectivity index is 2.03. The molecule has 20 heavy (non-hydrogen) atoms. The SMILES string of the molecule is COCCN(CC1CCCN1)C(=O)c1ccc(O)cc1. The Hall–Kier alpha value is -1.59. The van der Waals surface area contributed by atoms with E-state index in [0.29, 0.717) is 31.3 Å². The van der Waals surface area contributed by atoms with Crippen molar-refractivity contribution in [3.63, 3.8) is 0 Å². The van der Waals surface area contributed by atoms with Crippen LogP contribution in [0.3, 0.4) is 0 Å². The zero-order valence-corrected chi connectivity index (χ0v) is 11.8. The molecule has 0 saturated carbocycles. The van der Waals surface area contributed by atoms with E-state index in [4.69, 9.17) is 4.74 Å². The van der Waals surface area contributed by atoms with Crippen molar-refractivity contribution in [3.05, 3.63) is 29.8 Å². The highest BCUT2D eigenvalue weighted by molar-refractivity contribution is 5.94. The van der Waals surface area contributed by atoms with Crippen molar-refractivity contribution in [3.8, 4) is 5.75 Å². The smallest absolute Gasteiger partial charge is 0.253 e. The van der Waals surface area contributed by atoms with E-state index < -0.39 is 0 Å². The average Bonchev–Trinajstić information content (AvgIpc) is 2.96. The summed E-state index contributed by atoms with van der Waals surface area (Å²) >= 11 is 0. The van der Waals surface area contributed by atoms with E-state index in [1.807, 2.05) is 4.90 Å². The molecule has 1 aromatic carbocycles. The highest BCUT2D eigenvalue weighted by Gasteiger charge is 2.22. The highest BCUT2D eigenvalue weighted by atomic mass is 16.5. The molecule has 0 aliphatic carbocycles. The second-order valence-corrected chi connectivity index (χ2v) is 5.08. The lowest BCUT2D eigenvalue weighted by molar-refractivity contribution is 0.0679. The van der Waals surface area contributed by atoms with Gasteiger partial charge in [-0.25, -0.2) is 0 Å². The molecule has 5 heteroatoms. The van der Waals surface area contributed by atoms with Crippen LogP contribution in [-0.2, 0) is 4.74 Å². The Bertz CT molecular complexity index is 427. The molecule has 1 heterocycles. The van der Waals surface area contributed by atoms with Crippen LogP contribution in [0.15, 0.2) is 24.3 Å². The quantitative estimate of drug-likeness (QED) is 0.821. The predicted octanol–water partition coefficient (Wildman–Crippen LogP) is 1.23. The van der Waals surface area contributed by atoms with Gasteiger partial charge in [0, 0.05) is 31.8 Å². The number of nitrogens with zero attached hydrogens (tertiary/aromatic N) is 1. The first kappa shape index (κ1) is 14.8. The van der Waals surface area contributed by atoms with Crippen molar-refractivity contribution in [1.29, 1.82) is 0 Å². The average molecular weight is 278 g/mol. The molecule has 0 aromatic heterocycles. The summed E-state index contributed by atoms with van der Waals surface area (Å²) in [7, 11) is 1.64. The molecule has 110 valence electrons. The molecule has 1 unspecified atom stereocenters. The number of hydrogen-bond donors (Lipinski definition) is 2. The van der Waals surface area contributed by atoms with Gasteiger partial charge in [-0.3, -0.25) is 4.79 Å². The van der Waals surface area contributed by atoms with Gasteiger partial charge in [-0.1, -0.05) is 0 Å². The molecule has 1 aliphatic heterocycles. The summed E-state index contributed by atoms with van der Waals surface area (Å²) in [4.78, 5) is 14.3. The topological polar surface area (TPSA) is 61.8 Å². The van der Waals surface area contributed by atoms with Crippen LogP contribution in [0.4, 0.5) is 0 Å². The number of hydrogen-bond acceptors (Lipinski definition) is 4. The van der Waals surface area contributed by atoms with Crippen molar-refractivity contribution >= 4 is 5.91 Å². The third kappa shape index (κ3) is 3.95. The second kappa shape index (κ2) is 7.26. The Labute approximate surface area is 119 Å². The maximum absolute atomic E-state index is 12.5. The second-order valence-electron chi connectivity index (χ2n) is 5.08. The van der Waals surface area contributed by atoms with Gasteiger partial charge in [-0.15, -0.1) is 0 Å². The minimum absolute atomic E-state index is 0.0178. The monoisotopic (exact) mass is 278 g/mol. The van der Waals surface area contributed by atoms with Crippen LogP contribution in [0.25, 0.3) is 0 Å². The lowest BCUT2D eigenvalue weighted by Gasteiger charge is -2.25. The van der Waals surface area contributed by atoms with Crippen LogP contribution in [0.2, 0.25) is 0 Å². The largest absolute Gasteiger partial charge is 0.508 e. The van der Waals surface area contributed by atoms with Gasteiger partial charge in [0.2, 0.25) is 0 Å². The minimum Gasteiger partial charge on any atom is -0.508 e. The number of ether oxygens (including phenoxy) is 1. The first-order valence-electron chi connectivity index (χ1n) is 7.01. The standard InChI is InChI=1S/C15H22N2O3/c1-20-10-9-17(11-13-3-2-8-16-13)15(19)12-4-6-14(18)7-5-12/h4-7,13,16,18H,2-3,8-11H2,1H3.